The average Bonchev–Trinajstić information content (AvgIpc) is 3.50. The van der Waals surface area contributed by atoms with Crippen LogP contribution in [0.25, 0.3) is 0 Å². The molecule has 3 heterocycles. The van der Waals surface area contributed by atoms with Crippen LogP contribution in [0.3, 0.4) is 0 Å². The van der Waals surface area contributed by atoms with Crippen LogP contribution >= 0.6 is 0 Å². The Morgan fingerprint density at radius 1 is 1.02 bits per heavy atom. The van der Waals surface area contributed by atoms with E-state index in [2.05, 4.69) is 29.8 Å². The average molecular weight is 589 g/mol. The molecule has 0 saturated carbocycles. The van der Waals surface area contributed by atoms with Crippen molar-refractivity contribution in [2.45, 2.75) is 44.9 Å². The monoisotopic (exact) mass is 588 g/mol. The van der Waals surface area contributed by atoms with Crippen molar-refractivity contribution in [2.24, 2.45) is 5.92 Å². The molecule has 5 rings (SSSR count). The first-order valence-corrected chi connectivity index (χ1v) is 15.4. The topological polar surface area (TPSA) is 83.6 Å². The van der Waals surface area contributed by atoms with Crippen molar-refractivity contribution < 1.29 is 23.8 Å². The van der Waals surface area contributed by atoms with Gasteiger partial charge in [-0.2, -0.15) is 0 Å². The number of rotatable bonds is 11. The third-order valence-corrected chi connectivity index (χ3v) is 8.42. The molecule has 0 aliphatic carbocycles. The number of morpholine rings is 1. The van der Waals surface area contributed by atoms with Crippen LogP contribution in [-0.4, -0.2) is 91.5 Å². The van der Waals surface area contributed by atoms with Gasteiger partial charge in [-0.25, -0.2) is 4.79 Å². The molecule has 0 spiro atoms. The number of ether oxygens (including phenoxy) is 3. The fourth-order valence-corrected chi connectivity index (χ4v) is 5.97. The highest BCUT2D eigenvalue weighted by Crippen LogP contribution is 2.24. The second-order valence-corrected chi connectivity index (χ2v) is 11.6. The third kappa shape index (κ3) is 8.61. The van der Waals surface area contributed by atoms with Crippen molar-refractivity contribution in [1.29, 1.82) is 0 Å². The van der Waals surface area contributed by atoms with E-state index in [1.54, 1.807) is 0 Å². The molecule has 9 nitrogen and oxygen atoms in total. The van der Waals surface area contributed by atoms with Crippen LogP contribution in [-0.2, 0) is 31.8 Å². The number of hydrogen-bond acceptors (Lipinski definition) is 6. The fourth-order valence-electron chi connectivity index (χ4n) is 5.97. The van der Waals surface area contributed by atoms with Crippen LogP contribution in [0.5, 0.6) is 0 Å². The normalized spacial score (nSPS) is 19.8. The van der Waals surface area contributed by atoms with Crippen LogP contribution < -0.4 is 5.32 Å². The summed E-state index contributed by atoms with van der Waals surface area (Å²) in [6, 6.07) is 18.3. The zero-order valence-electron chi connectivity index (χ0n) is 25.2. The molecule has 2 fully saturated rings. The first-order chi connectivity index (χ1) is 21.0. The molecule has 2 aromatic rings. The van der Waals surface area contributed by atoms with Gasteiger partial charge in [0, 0.05) is 57.4 Å². The number of carbonyl (C=O) groups is 2. The molecule has 2 aromatic carbocycles. The maximum absolute atomic E-state index is 12.9. The molecule has 3 amide bonds. The Bertz CT molecular complexity index is 1250. The summed E-state index contributed by atoms with van der Waals surface area (Å²) in [5.41, 5.74) is 2.95. The van der Waals surface area contributed by atoms with Gasteiger partial charge in [0.15, 0.2) is 0 Å². The first-order valence-electron chi connectivity index (χ1n) is 15.4. The van der Waals surface area contributed by atoms with Gasteiger partial charge in [0.1, 0.15) is 6.26 Å². The molecule has 2 atom stereocenters. The molecule has 3 aliphatic heterocycles. The molecule has 0 bridgehead atoms. The van der Waals surface area contributed by atoms with Gasteiger partial charge in [0.25, 0.3) is 5.91 Å². The first kappa shape index (κ1) is 30.6. The van der Waals surface area contributed by atoms with Crippen molar-refractivity contribution in [3.63, 3.8) is 0 Å². The molecule has 0 aromatic heterocycles. The summed E-state index contributed by atoms with van der Waals surface area (Å²) in [6.07, 6.45) is 6.26. The van der Waals surface area contributed by atoms with Gasteiger partial charge in [-0.3, -0.25) is 9.69 Å². The largest absolute Gasteiger partial charge is 0.458 e. The van der Waals surface area contributed by atoms with Crippen molar-refractivity contribution in [3.05, 3.63) is 90.4 Å². The summed E-state index contributed by atoms with van der Waals surface area (Å²) in [5, 5.41) is 2.95. The number of anilines is 1. The maximum atomic E-state index is 12.9. The standard InChI is InChI=1S/C34H44N4O5/c1-3-14-38(24-28-12-15-36(16-13-28)34(40)37-17-19-41-20-18-37)26(2)21-29-10-7-11-30(22-29)35-33(39)31-25-42-32(43-31)23-27-8-5-4-6-9-27/h3-11,22,25-26,28,32H,1,12-21,23-24H2,2H3,(H,35,39). The molecular weight excluding hydrogens is 544 g/mol. The number of benzene rings is 2. The lowest BCUT2D eigenvalue weighted by molar-refractivity contribution is -0.118. The predicted octanol–water partition coefficient (Wildman–Crippen LogP) is 4.67. The Balaban J connectivity index is 1.09. The Morgan fingerprint density at radius 2 is 1.74 bits per heavy atom. The van der Waals surface area contributed by atoms with E-state index in [0.29, 0.717) is 38.6 Å². The van der Waals surface area contributed by atoms with E-state index in [1.807, 2.05) is 64.4 Å². The van der Waals surface area contributed by atoms with Crippen molar-refractivity contribution in [1.82, 2.24) is 14.7 Å². The van der Waals surface area contributed by atoms with Crippen molar-refractivity contribution in [2.75, 3.05) is 57.8 Å². The highest BCUT2D eigenvalue weighted by molar-refractivity contribution is 6.02. The second-order valence-electron chi connectivity index (χ2n) is 11.6. The van der Waals surface area contributed by atoms with E-state index < -0.39 is 6.29 Å². The Morgan fingerprint density at radius 3 is 2.49 bits per heavy atom. The fraction of sp³-hybridized carbons (Fsp3) is 0.471. The molecule has 2 saturated heterocycles. The Labute approximate surface area is 255 Å². The molecule has 43 heavy (non-hydrogen) atoms. The Kier molecular flexibility index (Phi) is 10.7. The van der Waals surface area contributed by atoms with Crippen LogP contribution in [0.4, 0.5) is 10.5 Å². The smallest absolute Gasteiger partial charge is 0.320 e. The minimum atomic E-state index is -0.510. The van der Waals surface area contributed by atoms with Gasteiger partial charge in [0.2, 0.25) is 12.0 Å². The summed E-state index contributed by atoms with van der Waals surface area (Å²) in [5.74, 6) is 0.386. The van der Waals surface area contributed by atoms with E-state index in [0.717, 1.165) is 62.3 Å². The number of piperidine rings is 1. The van der Waals surface area contributed by atoms with Crippen molar-refractivity contribution >= 4 is 17.6 Å². The predicted molar refractivity (Wildman–Crippen MR) is 166 cm³/mol. The summed E-state index contributed by atoms with van der Waals surface area (Å²) >= 11 is 0. The van der Waals surface area contributed by atoms with E-state index in [1.165, 1.54) is 6.26 Å². The number of likely N-dealkylation sites (tertiary alicyclic amines) is 1. The van der Waals surface area contributed by atoms with Crippen molar-refractivity contribution in [3.8, 4) is 0 Å². The van der Waals surface area contributed by atoms with E-state index in [9.17, 15) is 9.59 Å². The zero-order chi connectivity index (χ0) is 30.0. The highest BCUT2D eigenvalue weighted by atomic mass is 16.7. The number of carbonyl (C=O) groups excluding carboxylic acids is 2. The number of hydrogen-bond donors (Lipinski definition) is 1. The summed E-state index contributed by atoms with van der Waals surface area (Å²) in [7, 11) is 0. The van der Waals surface area contributed by atoms with E-state index in [4.69, 9.17) is 14.2 Å². The van der Waals surface area contributed by atoms with Gasteiger partial charge in [-0.15, -0.1) is 6.58 Å². The van der Waals surface area contributed by atoms with Crippen LogP contribution in [0.2, 0.25) is 0 Å². The number of nitrogens with one attached hydrogen (secondary N) is 1. The van der Waals surface area contributed by atoms with Crippen LogP contribution in [0.1, 0.15) is 30.9 Å². The molecule has 1 N–H and O–H groups in total. The molecular formula is C34H44N4O5. The van der Waals surface area contributed by atoms with Crippen LogP contribution in [0, 0.1) is 5.92 Å². The quantitative estimate of drug-likeness (QED) is 0.385. The van der Waals surface area contributed by atoms with Gasteiger partial charge < -0.3 is 29.3 Å². The molecule has 230 valence electrons. The summed E-state index contributed by atoms with van der Waals surface area (Å²) in [6.45, 7) is 12.2. The Hall–Kier alpha value is -3.82. The van der Waals surface area contributed by atoms with Crippen LogP contribution in [0.15, 0.2) is 79.3 Å². The highest BCUT2D eigenvalue weighted by Gasteiger charge is 2.29. The van der Waals surface area contributed by atoms with Gasteiger partial charge >= 0.3 is 6.03 Å². The van der Waals surface area contributed by atoms with Gasteiger partial charge in [-0.05, 0) is 55.4 Å². The zero-order valence-corrected chi connectivity index (χ0v) is 25.2. The van der Waals surface area contributed by atoms with Gasteiger partial charge in [0.05, 0.1) is 13.2 Å². The molecule has 9 heteroatoms. The minimum absolute atomic E-state index is 0.153. The molecule has 3 aliphatic rings. The number of urea groups is 1. The van der Waals surface area contributed by atoms with E-state index in [-0.39, 0.29) is 23.7 Å². The lowest BCUT2D eigenvalue weighted by Gasteiger charge is -2.39. The minimum Gasteiger partial charge on any atom is -0.458 e. The lowest BCUT2D eigenvalue weighted by atomic mass is 9.95. The SMILES string of the molecule is C=CCN(CC1CCN(C(=O)N2CCOCC2)CC1)C(C)Cc1cccc(NC(=O)C2=COC(Cc3ccccc3)O2)c1. The molecule has 2 unspecified atom stereocenters. The third-order valence-electron chi connectivity index (χ3n) is 8.42. The van der Waals surface area contributed by atoms with E-state index >= 15 is 0 Å². The molecule has 0 radical (unpaired) electrons. The van der Waals surface area contributed by atoms with Gasteiger partial charge in [-0.1, -0.05) is 48.5 Å². The summed E-state index contributed by atoms with van der Waals surface area (Å²) < 4.78 is 16.7. The second kappa shape index (κ2) is 15.1. The number of amides is 3. The lowest BCUT2D eigenvalue weighted by Crippen LogP contribution is -2.51. The summed E-state index contributed by atoms with van der Waals surface area (Å²) in [4.78, 5) is 32.2. The maximum Gasteiger partial charge on any atom is 0.320 e. The number of nitrogens with zero attached hydrogens (tertiary/aromatic N) is 3.